The number of para-hydroxylation sites is 1. The van der Waals surface area contributed by atoms with Crippen molar-refractivity contribution in [1.29, 1.82) is 0 Å². The number of halogens is 1. The summed E-state index contributed by atoms with van der Waals surface area (Å²) in [7, 11) is 0. The van der Waals surface area contributed by atoms with Crippen molar-refractivity contribution in [3.05, 3.63) is 87.1 Å². The highest BCUT2D eigenvalue weighted by Crippen LogP contribution is 2.40. The monoisotopic (exact) mass is 467 g/mol. The molecule has 1 aliphatic heterocycles. The molecule has 9 nitrogen and oxygen atoms in total. The Bertz CT molecular complexity index is 1300. The van der Waals surface area contributed by atoms with Gasteiger partial charge in [-0.1, -0.05) is 53.7 Å². The Balaban J connectivity index is 1.47. The third-order valence-electron chi connectivity index (χ3n) is 4.67. The summed E-state index contributed by atoms with van der Waals surface area (Å²) in [6.45, 7) is 0. The second kappa shape index (κ2) is 8.48. The molecule has 2 aromatic carbocycles. The predicted octanol–water partition coefficient (Wildman–Crippen LogP) is 5.49. The lowest BCUT2D eigenvalue weighted by Gasteiger charge is -2.16. The normalized spacial score (nSPS) is 14.5. The number of aromatic nitrogens is 3. The van der Waals surface area contributed by atoms with Gasteiger partial charge in [0.25, 0.3) is 0 Å². The molecule has 0 fully saturated rings. The second-order valence-electron chi connectivity index (χ2n) is 6.78. The minimum Gasteiger partial charge on any atom is -0.444 e. The molecule has 5 rings (SSSR count). The number of furan rings is 1. The maximum atomic E-state index is 11.0. The van der Waals surface area contributed by atoms with E-state index in [1.54, 1.807) is 0 Å². The lowest BCUT2D eigenvalue weighted by molar-refractivity contribution is -0.402. The van der Waals surface area contributed by atoms with E-state index in [4.69, 9.17) is 20.8 Å². The van der Waals surface area contributed by atoms with Crippen LogP contribution in [0.15, 0.2) is 70.2 Å². The van der Waals surface area contributed by atoms with Crippen LogP contribution in [0.2, 0.25) is 5.02 Å². The van der Waals surface area contributed by atoms with Gasteiger partial charge in [-0.3, -0.25) is 10.1 Å². The first-order chi connectivity index (χ1) is 15.6. The summed E-state index contributed by atoms with van der Waals surface area (Å²) in [6.07, 6.45) is -0.836. The second-order valence-corrected chi connectivity index (χ2v) is 8.16. The van der Waals surface area contributed by atoms with Crippen LogP contribution in [0.4, 0.5) is 11.6 Å². The van der Waals surface area contributed by atoms with Gasteiger partial charge in [0.1, 0.15) is 4.92 Å². The van der Waals surface area contributed by atoms with Crippen molar-refractivity contribution in [2.24, 2.45) is 0 Å². The molecule has 160 valence electrons. The van der Waals surface area contributed by atoms with Gasteiger partial charge < -0.3 is 14.5 Å². The van der Waals surface area contributed by atoms with Crippen LogP contribution in [-0.2, 0) is 5.75 Å². The summed E-state index contributed by atoms with van der Waals surface area (Å²) in [5.41, 5.74) is 2.99. The quantitative estimate of drug-likeness (QED) is 0.231. The van der Waals surface area contributed by atoms with Gasteiger partial charge in [0.05, 0.1) is 6.07 Å². The minimum atomic E-state index is -0.836. The molecule has 1 N–H and O–H groups in total. The lowest BCUT2D eigenvalue weighted by atomic mass is 10.1. The van der Waals surface area contributed by atoms with Crippen LogP contribution in [0.5, 0.6) is 5.88 Å². The number of benzene rings is 2. The van der Waals surface area contributed by atoms with Crippen molar-refractivity contribution in [2.75, 3.05) is 5.32 Å². The molecule has 4 aromatic rings. The minimum absolute atomic E-state index is 0.244. The zero-order valence-electron chi connectivity index (χ0n) is 16.3. The van der Waals surface area contributed by atoms with Gasteiger partial charge in [-0.25, -0.2) is 0 Å². The molecule has 0 aliphatic carbocycles. The third-order valence-corrected chi connectivity index (χ3v) is 5.83. The molecule has 1 atom stereocenters. The Morgan fingerprint density at radius 2 is 1.91 bits per heavy atom. The van der Waals surface area contributed by atoms with Gasteiger partial charge in [-0.05, 0) is 29.8 Å². The number of nitrogens with zero attached hydrogens (tertiary/aromatic N) is 4. The molecule has 0 amide bonds. The van der Waals surface area contributed by atoms with E-state index in [1.165, 1.54) is 23.9 Å². The van der Waals surface area contributed by atoms with E-state index in [9.17, 15) is 10.1 Å². The summed E-state index contributed by atoms with van der Waals surface area (Å²) >= 11 is 7.34. The van der Waals surface area contributed by atoms with Crippen molar-refractivity contribution in [1.82, 2.24) is 15.2 Å². The van der Waals surface area contributed by atoms with Crippen LogP contribution in [0.1, 0.15) is 17.6 Å². The first-order valence-electron chi connectivity index (χ1n) is 9.45. The number of ether oxygens (including phenoxy) is 1. The molecule has 0 bridgehead atoms. The fourth-order valence-corrected chi connectivity index (χ4v) is 4.01. The number of fused-ring (bicyclic) bond motifs is 3. The van der Waals surface area contributed by atoms with Crippen LogP contribution in [0.25, 0.3) is 11.3 Å². The van der Waals surface area contributed by atoms with Gasteiger partial charge in [0, 0.05) is 22.0 Å². The Morgan fingerprint density at radius 1 is 1.09 bits per heavy atom. The highest BCUT2D eigenvalue weighted by Gasteiger charge is 2.29. The SMILES string of the molecule is O=[N+]([O-])c1ccc([C@@H]2Nc3ccccc3-c3nnc(SCc4ccc(Cl)cc4)nc3O2)o1. The molecule has 3 heterocycles. The molecular formula is C21H14ClN5O4S. The molecule has 0 spiro atoms. The smallest absolute Gasteiger partial charge is 0.433 e. The van der Waals surface area contributed by atoms with Crippen molar-refractivity contribution >= 4 is 34.9 Å². The van der Waals surface area contributed by atoms with Crippen molar-refractivity contribution < 1.29 is 14.1 Å². The fraction of sp³-hybridized carbons (Fsp3) is 0.0952. The van der Waals surface area contributed by atoms with Crippen LogP contribution in [0, 0.1) is 10.1 Å². The average Bonchev–Trinajstić information content (AvgIpc) is 3.24. The van der Waals surface area contributed by atoms with Gasteiger partial charge in [-0.2, -0.15) is 4.98 Å². The van der Waals surface area contributed by atoms with Crippen molar-refractivity contribution in [2.45, 2.75) is 17.1 Å². The summed E-state index contributed by atoms with van der Waals surface area (Å²) in [5.74, 6) is 0.747. The molecule has 1 aliphatic rings. The zero-order chi connectivity index (χ0) is 22.1. The van der Waals surface area contributed by atoms with E-state index >= 15 is 0 Å². The Hall–Kier alpha value is -3.63. The lowest BCUT2D eigenvalue weighted by Crippen LogP contribution is -2.16. The molecule has 0 unspecified atom stereocenters. The first-order valence-corrected chi connectivity index (χ1v) is 10.8. The topological polar surface area (TPSA) is 116 Å². The largest absolute Gasteiger partial charge is 0.444 e. The maximum absolute atomic E-state index is 11.0. The first kappa shape index (κ1) is 20.3. The van der Waals surface area contributed by atoms with Crippen LogP contribution >= 0.6 is 23.4 Å². The van der Waals surface area contributed by atoms with Gasteiger partial charge >= 0.3 is 5.88 Å². The number of rotatable bonds is 5. The number of thioether (sulfide) groups is 1. The number of anilines is 1. The summed E-state index contributed by atoms with van der Waals surface area (Å²) in [6, 6.07) is 17.7. The van der Waals surface area contributed by atoms with E-state index in [0.717, 1.165) is 11.1 Å². The average molecular weight is 468 g/mol. The molecule has 0 saturated heterocycles. The fourth-order valence-electron chi connectivity index (χ4n) is 3.15. The highest BCUT2D eigenvalue weighted by atomic mass is 35.5. The summed E-state index contributed by atoms with van der Waals surface area (Å²) in [4.78, 5) is 15.0. The zero-order valence-corrected chi connectivity index (χ0v) is 17.8. The molecule has 32 heavy (non-hydrogen) atoms. The summed E-state index contributed by atoms with van der Waals surface area (Å²) < 4.78 is 11.4. The third kappa shape index (κ3) is 4.10. The Morgan fingerprint density at radius 3 is 2.69 bits per heavy atom. The van der Waals surface area contributed by atoms with Crippen LogP contribution in [-0.4, -0.2) is 20.1 Å². The Kier molecular flexibility index (Phi) is 5.38. The molecule has 0 saturated carbocycles. The summed E-state index contributed by atoms with van der Waals surface area (Å²) in [5, 5.41) is 23.9. The number of nitro groups is 1. The van der Waals surface area contributed by atoms with E-state index < -0.39 is 11.2 Å². The van der Waals surface area contributed by atoms with Crippen LogP contribution < -0.4 is 10.1 Å². The van der Waals surface area contributed by atoms with Gasteiger partial charge in [-0.15, -0.1) is 10.2 Å². The number of hydrogen-bond acceptors (Lipinski definition) is 9. The number of nitrogens with one attached hydrogen (secondary N) is 1. The van der Waals surface area contributed by atoms with Crippen LogP contribution in [0.3, 0.4) is 0 Å². The molecular weight excluding hydrogens is 454 g/mol. The van der Waals surface area contributed by atoms with Gasteiger partial charge in [0.2, 0.25) is 17.3 Å². The standard InChI is InChI=1S/C21H14ClN5O4S/c22-13-7-5-12(6-8-13)11-32-21-24-20-18(25-26-21)14-3-1-2-4-15(14)23-19(31-20)16-9-10-17(30-16)27(28)29/h1-10,19,23H,11H2/t19-/m1/s1. The highest BCUT2D eigenvalue weighted by molar-refractivity contribution is 7.98. The van der Waals surface area contributed by atoms with Crippen molar-refractivity contribution in [3.63, 3.8) is 0 Å². The number of hydrogen-bond donors (Lipinski definition) is 1. The van der Waals surface area contributed by atoms with E-state index in [-0.39, 0.29) is 17.5 Å². The van der Waals surface area contributed by atoms with E-state index in [0.29, 0.717) is 27.3 Å². The predicted molar refractivity (Wildman–Crippen MR) is 119 cm³/mol. The van der Waals surface area contributed by atoms with Gasteiger partial charge in [0.15, 0.2) is 11.5 Å². The maximum Gasteiger partial charge on any atom is 0.433 e. The molecule has 0 radical (unpaired) electrons. The van der Waals surface area contributed by atoms with E-state index in [2.05, 4.69) is 20.5 Å². The Labute approximate surface area is 190 Å². The molecule has 11 heteroatoms. The molecule has 2 aromatic heterocycles. The van der Waals surface area contributed by atoms with E-state index in [1.807, 2.05) is 48.5 Å². The van der Waals surface area contributed by atoms with Crippen molar-refractivity contribution in [3.8, 4) is 17.1 Å².